The number of carbonyl (C=O) groups is 1. The average molecular weight is 404 g/mol. The molecule has 1 amide bonds. The molecule has 8 heteroatoms. The van der Waals surface area contributed by atoms with Crippen molar-refractivity contribution in [2.75, 3.05) is 32.8 Å². The van der Waals surface area contributed by atoms with Crippen molar-refractivity contribution < 1.29 is 18.4 Å². The van der Waals surface area contributed by atoms with Gasteiger partial charge in [0, 0.05) is 31.7 Å². The molecule has 1 unspecified atom stereocenters. The monoisotopic (exact) mass is 404 g/mol. The van der Waals surface area contributed by atoms with E-state index < -0.39 is 0 Å². The Hall–Kier alpha value is -2.48. The number of hydrogen-bond donors (Lipinski definition) is 0. The molecular weight excluding hydrogens is 375 g/mol. The summed E-state index contributed by atoms with van der Waals surface area (Å²) >= 11 is 0. The number of benzene rings is 1. The zero-order valence-corrected chi connectivity index (χ0v) is 17.5. The number of nitrogens with zero attached hydrogens (tertiary/aromatic N) is 4. The second-order valence-corrected chi connectivity index (χ2v) is 7.94. The Labute approximate surface area is 170 Å². The summed E-state index contributed by atoms with van der Waals surface area (Å²) in [6, 6.07) is 4.80. The Kier molecular flexibility index (Phi) is 6.84. The molecular formula is C21H29FN4O3. The summed E-state index contributed by atoms with van der Waals surface area (Å²) in [4.78, 5) is 20.7. The fourth-order valence-corrected chi connectivity index (χ4v) is 3.25. The second-order valence-electron chi connectivity index (χ2n) is 7.94. The molecule has 29 heavy (non-hydrogen) atoms. The van der Waals surface area contributed by atoms with E-state index in [1.165, 1.54) is 6.07 Å². The van der Waals surface area contributed by atoms with Crippen LogP contribution in [0.5, 0.6) is 0 Å². The third kappa shape index (κ3) is 5.32. The molecule has 0 spiro atoms. The van der Waals surface area contributed by atoms with Crippen LogP contribution in [0.1, 0.15) is 44.7 Å². The smallest absolute Gasteiger partial charge is 0.409 e. The molecule has 1 atom stereocenters. The molecule has 3 rings (SSSR count). The van der Waals surface area contributed by atoms with Crippen LogP contribution < -0.4 is 0 Å². The van der Waals surface area contributed by atoms with Gasteiger partial charge in [-0.05, 0) is 37.8 Å². The second kappa shape index (κ2) is 9.35. The quantitative estimate of drug-likeness (QED) is 0.749. The van der Waals surface area contributed by atoms with E-state index in [4.69, 9.17) is 9.26 Å². The van der Waals surface area contributed by atoms with Gasteiger partial charge in [0.25, 0.3) is 0 Å². The van der Waals surface area contributed by atoms with Gasteiger partial charge in [-0.25, -0.2) is 9.18 Å². The third-order valence-electron chi connectivity index (χ3n) is 5.11. The van der Waals surface area contributed by atoms with Gasteiger partial charge >= 0.3 is 6.09 Å². The highest BCUT2D eigenvalue weighted by atomic mass is 19.1. The lowest BCUT2D eigenvalue weighted by molar-refractivity contribution is 0.0919. The lowest BCUT2D eigenvalue weighted by atomic mass is 10.1. The molecule has 0 saturated carbocycles. The molecule has 2 heterocycles. The third-order valence-corrected chi connectivity index (χ3v) is 5.11. The first kappa shape index (κ1) is 21.2. The lowest BCUT2D eigenvalue weighted by Gasteiger charge is -2.25. The maximum Gasteiger partial charge on any atom is 0.409 e. The Morgan fingerprint density at radius 3 is 2.76 bits per heavy atom. The molecule has 1 fully saturated rings. The minimum absolute atomic E-state index is 0.0989. The number of aromatic nitrogens is 2. The summed E-state index contributed by atoms with van der Waals surface area (Å²) in [5, 5.41) is 4.02. The van der Waals surface area contributed by atoms with Crippen LogP contribution in [0, 0.1) is 18.7 Å². The number of aryl methyl sites for hydroxylation is 1. The van der Waals surface area contributed by atoms with Gasteiger partial charge in [-0.1, -0.05) is 31.1 Å². The molecule has 158 valence electrons. The average Bonchev–Trinajstić information content (AvgIpc) is 3.05. The first-order chi connectivity index (χ1) is 13.8. The Morgan fingerprint density at radius 2 is 2.03 bits per heavy atom. The van der Waals surface area contributed by atoms with E-state index in [0.717, 1.165) is 13.0 Å². The SMILES string of the molecule is Cc1ccc(-c2noc(C(C)N3CCCN(C(=O)OCC(C)C)CC3)n2)cc1F. The van der Waals surface area contributed by atoms with Gasteiger partial charge < -0.3 is 14.2 Å². The van der Waals surface area contributed by atoms with Crippen LogP contribution in [-0.2, 0) is 4.74 Å². The van der Waals surface area contributed by atoms with Crippen LogP contribution in [0.2, 0.25) is 0 Å². The lowest BCUT2D eigenvalue weighted by Crippen LogP contribution is -2.36. The highest BCUT2D eigenvalue weighted by molar-refractivity contribution is 5.67. The fraction of sp³-hybridized carbons (Fsp3) is 0.571. The number of carbonyl (C=O) groups excluding carboxylic acids is 1. The van der Waals surface area contributed by atoms with Crippen molar-refractivity contribution in [2.24, 2.45) is 5.92 Å². The van der Waals surface area contributed by atoms with Gasteiger partial charge in [-0.2, -0.15) is 4.98 Å². The van der Waals surface area contributed by atoms with Crippen molar-refractivity contribution >= 4 is 6.09 Å². The van der Waals surface area contributed by atoms with E-state index in [9.17, 15) is 9.18 Å². The van der Waals surface area contributed by atoms with Crippen molar-refractivity contribution in [3.8, 4) is 11.4 Å². The molecule has 1 saturated heterocycles. The number of hydrogen-bond acceptors (Lipinski definition) is 6. The molecule has 1 aliphatic heterocycles. The van der Waals surface area contributed by atoms with E-state index in [1.807, 2.05) is 20.8 Å². The van der Waals surface area contributed by atoms with Crippen molar-refractivity contribution in [1.29, 1.82) is 0 Å². The normalized spacial score (nSPS) is 16.7. The summed E-state index contributed by atoms with van der Waals surface area (Å²) < 4.78 is 24.6. The number of halogens is 1. The summed E-state index contributed by atoms with van der Waals surface area (Å²) in [5.74, 6) is 0.881. The Bertz CT molecular complexity index is 839. The largest absolute Gasteiger partial charge is 0.449 e. The molecule has 2 aromatic rings. The first-order valence-electron chi connectivity index (χ1n) is 10.1. The number of amides is 1. The highest BCUT2D eigenvalue weighted by Crippen LogP contribution is 2.24. The Balaban J connectivity index is 1.62. The molecule has 7 nitrogen and oxygen atoms in total. The van der Waals surface area contributed by atoms with E-state index in [2.05, 4.69) is 15.0 Å². The summed E-state index contributed by atoms with van der Waals surface area (Å²) in [5.41, 5.74) is 1.16. The van der Waals surface area contributed by atoms with Crippen LogP contribution >= 0.6 is 0 Å². The predicted octanol–water partition coefficient (Wildman–Crippen LogP) is 4.05. The molecule has 0 aliphatic carbocycles. The van der Waals surface area contributed by atoms with E-state index in [0.29, 0.717) is 55.0 Å². The summed E-state index contributed by atoms with van der Waals surface area (Å²) in [7, 11) is 0. The fourth-order valence-electron chi connectivity index (χ4n) is 3.25. The van der Waals surface area contributed by atoms with Gasteiger partial charge in [-0.15, -0.1) is 0 Å². The number of ether oxygens (including phenoxy) is 1. The minimum atomic E-state index is -0.293. The van der Waals surface area contributed by atoms with Gasteiger partial charge in [0.2, 0.25) is 11.7 Å². The van der Waals surface area contributed by atoms with Crippen LogP contribution in [0.15, 0.2) is 22.7 Å². The van der Waals surface area contributed by atoms with Gasteiger partial charge in [0.1, 0.15) is 5.82 Å². The van der Waals surface area contributed by atoms with E-state index in [1.54, 1.807) is 24.0 Å². The van der Waals surface area contributed by atoms with Gasteiger partial charge in [0.15, 0.2) is 0 Å². The molecule has 1 aromatic heterocycles. The van der Waals surface area contributed by atoms with Gasteiger partial charge in [0.05, 0.1) is 12.6 Å². The number of rotatable bonds is 5. The van der Waals surface area contributed by atoms with E-state index >= 15 is 0 Å². The van der Waals surface area contributed by atoms with E-state index in [-0.39, 0.29) is 18.0 Å². The molecule has 0 radical (unpaired) electrons. The standard InChI is InChI=1S/C21H29FN4O3/c1-14(2)13-28-21(27)26-9-5-8-25(10-11-26)16(4)20-23-19(24-29-20)17-7-6-15(3)18(22)12-17/h6-7,12,14,16H,5,8-11,13H2,1-4H3. The minimum Gasteiger partial charge on any atom is -0.449 e. The van der Waals surface area contributed by atoms with Crippen molar-refractivity contribution in [3.05, 3.63) is 35.5 Å². The van der Waals surface area contributed by atoms with Crippen molar-refractivity contribution in [2.45, 2.75) is 40.2 Å². The molecule has 0 bridgehead atoms. The highest BCUT2D eigenvalue weighted by Gasteiger charge is 2.26. The predicted molar refractivity (Wildman–Crippen MR) is 107 cm³/mol. The zero-order valence-electron chi connectivity index (χ0n) is 17.5. The van der Waals surface area contributed by atoms with Crippen LogP contribution in [0.25, 0.3) is 11.4 Å². The topological polar surface area (TPSA) is 71.7 Å². The van der Waals surface area contributed by atoms with Crippen LogP contribution in [0.4, 0.5) is 9.18 Å². The molecule has 1 aromatic carbocycles. The van der Waals surface area contributed by atoms with Crippen LogP contribution in [0.3, 0.4) is 0 Å². The summed E-state index contributed by atoms with van der Waals surface area (Å²) in [6.45, 7) is 10.9. The zero-order chi connectivity index (χ0) is 21.0. The van der Waals surface area contributed by atoms with Crippen LogP contribution in [-0.4, -0.2) is 58.8 Å². The maximum atomic E-state index is 13.8. The van der Waals surface area contributed by atoms with Gasteiger partial charge in [-0.3, -0.25) is 4.90 Å². The maximum absolute atomic E-state index is 13.8. The van der Waals surface area contributed by atoms with Crippen molar-refractivity contribution in [3.63, 3.8) is 0 Å². The first-order valence-corrected chi connectivity index (χ1v) is 10.1. The molecule has 0 N–H and O–H groups in total. The van der Waals surface area contributed by atoms with Crippen molar-refractivity contribution in [1.82, 2.24) is 19.9 Å². The summed E-state index contributed by atoms with van der Waals surface area (Å²) in [6.07, 6.45) is 0.584. The molecule has 1 aliphatic rings. The Morgan fingerprint density at radius 1 is 1.24 bits per heavy atom.